The molecule has 0 radical (unpaired) electrons. The Morgan fingerprint density at radius 2 is 2.04 bits per heavy atom. The third-order valence-corrected chi connectivity index (χ3v) is 4.52. The molecule has 3 heterocycles. The fourth-order valence-corrected chi connectivity index (χ4v) is 3.11. The fraction of sp³-hybridized carbons (Fsp3) is 0.250. The number of pyridine rings is 2. The molecule has 1 aliphatic rings. The van der Waals surface area contributed by atoms with Crippen molar-refractivity contribution in [2.75, 3.05) is 36.5 Å². The molecule has 26 heavy (non-hydrogen) atoms. The summed E-state index contributed by atoms with van der Waals surface area (Å²) in [7, 11) is 0. The summed E-state index contributed by atoms with van der Waals surface area (Å²) in [5.74, 6) is 0.804. The van der Waals surface area contributed by atoms with Crippen LogP contribution < -0.4 is 10.2 Å². The number of benzene rings is 1. The normalized spacial score (nSPS) is 14.4. The van der Waals surface area contributed by atoms with Gasteiger partial charge in [0.05, 0.1) is 24.3 Å². The van der Waals surface area contributed by atoms with Crippen LogP contribution in [0.1, 0.15) is 15.9 Å². The third-order valence-electron chi connectivity index (χ3n) is 4.52. The number of amides is 1. The first kappa shape index (κ1) is 16.5. The highest BCUT2D eigenvalue weighted by Gasteiger charge is 2.14. The molecule has 0 saturated carbocycles. The van der Waals surface area contributed by atoms with Crippen LogP contribution in [0.5, 0.6) is 0 Å². The van der Waals surface area contributed by atoms with E-state index < -0.39 is 0 Å². The molecule has 0 spiro atoms. The van der Waals surface area contributed by atoms with E-state index in [1.165, 1.54) is 0 Å². The zero-order chi connectivity index (χ0) is 17.9. The third kappa shape index (κ3) is 3.36. The number of carbonyl (C=O) groups is 1. The Labute approximate surface area is 151 Å². The lowest BCUT2D eigenvalue weighted by molar-refractivity contribution is 0.102. The van der Waals surface area contributed by atoms with Gasteiger partial charge in [0.2, 0.25) is 0 Å². The van der Waals surface area contributed by atoms with Crippen LogP contribution in [0.3, 0.4) is 0 Å². The van der Waals surface area contributed by atoms with Gasteiger partial charge < -0.3 is 15.0 Å². The number of nitrogens with one attached hydrogen (secondary N) is 1. The van der Waals surface area contributed by atoms with Crippen LogP contribution >= 0.6 is 0 Å². The molecule has 2 aromatic heterocycles. The molecule has 132 valence electrons. The average Bonchev–Trinajstić information content (AvgIpc) is 2.69. The number of nitrogens with zero attached hydrogens (tertiary/aromatic N) is 3. The Bertz CT molecular complexity index is 937. The van der Waals surface area contributed by atoms with Crippen molar-refractivity contribution in [1.29, 1.82) is 0 Å². The predicted molar refractivity (Wildman–Crippen MR) is 102 cm³/mol. The number of aryl methyl sites for hydroxylation is 1. The number of fused-ring (bicyclic) bond motifs is 1. The quantitative estimate of drug-likeness (QED) is 0.788. The Morgan fingerprint density at radius 3 is 2.81 bits per heavy atom. The maximum absolute atomic E-state index is 12.3. The first-order chi connectivity index (χ1) is 12.7. The van der Waals surface area contributed by atoms with E-state index in [0.717, 1.165) is 54.3 Å². The molecular formula is C20H20N4O2. The van der Waals surface area contributed by atoms with Crippen LogP contribution in [0.4, 0.5) is 11.5 Å². The molecule has 1 fully saturated rings. The highest BCUT2D eigenvalue weighted by molar-refractivity contribution is 6.05. The number of anilines is 2. The molecule has 0 bridgehead atoms. The number of ether oxygens (including phenoxy) is 1. The molecule has 0 aliphatic carbocycles. The van der Waals surface area contributed by atoms with E-state index in [9.17, 15) is 4.79 Å². The van der Waals surface area contributed by atoms with Crippen molar-refractivity contribution >= 4 is 28.3 Å². The summed E-state index contributed by atoms with van der Waals surface area (Å²) in [5, 5.41) is 3.96. The highest BCUT2D eigenvalue weighted by Crippen LogP contribution is 2.26. The van der Waals surface area contributed by atoms with Gasteiger partial charge in [-0.05, 0) is 48.9 Å². The Balaban J connectivity index is 1.61. The molecule has 1 saturated heterocycles. The van der Waals surface area contributed by atoms with Crippen molar-refractivity contribution in [1.82, 2.24) is 9.97 Å². The molecule has 6 nitrogen and oxygen atoms in total. The summed E-state index contributed by atoms with van der Waals surface area (Å²) >= 11 is 0. The molecule has 0 atom stereocenters. The zero-order valence-electron chi connectivity index (χ0n) is 14.6. The molecule has 6 heteroatoms. The van der Waals surface area contributed by atoms with E-state index in [1.54, 1.807) is 24.5 Å². The van der Waals surface area contributed by atoms with Gasteiger partial charge in [0, 0.05) is 36.6 Å². The topological polar surface area (TPSA) is 67.3 Å². The molecule has 1 N–H and O–H groups in total. The maximum Gasteiger partial charge on any atom is 0.257 e. The van der Waals surface area contributed by atoms with Crippen molar-refractivity contribution in [3.8, 4) is 0 Å². The van der Waals surface area contributed by atoms with E-state index in [1.807, 2.05) is 18.2 Å². The van der Waals surface area contributed by atoms with Gasteiger partial charge in [0.15, 0.2) is 0 Å². The summed E-state index contributed by atoms with van der Waals surface area (Å²) in [6, 6.07) is 11.4. The van der Waals surface area contributed by atoms with Gasteiger partial charge in [-0.2, -0.15) is 0 Å². The van der Waals surface area contributed by atoms with Crippen LogP contribution in [0.15, 0.2) is 48.8 Å². The van der Waals surface area contributed by atoms with Crippen molar-refractivity contribution in [3.05, 3.63) is 59.9 Å². The Hall–Kier alpha value is -2.99. The van der Waals surface area contributed by atoms with Crippen LogP contribution in [-0.4, -0.2) is 42.2 Å². The van der Waals surface area contributed by atoms with Gasteiger partial charge in [-0.3, -0.25) is 9.78 Å². The van der Waals surface area contributed by atoms with Crippen molar-refractivity contribution < 1.29 is 9.53 Å². The molecule has 0 unspecified atom stereocenters. The average molecular weight is 348 g/mol. The van der Waals surface area contributed by atoms with Gasteiger partial charge in [-0.1, -0.05) is 0 Å². The molecule has 1 aromatic carbocycles. The predicted octanol–water partition coefficient (Wildman–Crippen LogP) is 3.03. The van der Waals surface area contributed by atoms with Crippen molar-refractivity contribution in [2.45, 2.75) is 6.92 Å². The Kier molecular flexibility index (Phi) is 4.50. The van der Waals surface area contributed by atoms with E-state index in [-0.39, 0.29) is 5.91 Å². The number of morpholine rings is 1. The lowest BCUT2D eigenvalue weighted by Crippen LogP contribution is -2.36. The minimum Gasteiger partial charge on any atom is -0.378 e. The Morgan fingerprint density at radius 1 is 1.19 bits per heavy atom. The maximum atomic E-state index is 12.3. The molecule has 1 amide bonds. The van der Waals surface area contributed by atoms with Gasteiger partial charge in [-0.15, -0.1) is 0 Å². The zero-order valence-corrected chi connectivity index (χ0v) is 14.6. The standard InChI is InChI=1S/C20H20N4O2/c1-14-11-19(24-7-9-26-10-8-24)23-18-5-4-16(12-17(14)18)22-20(25)15-3-2-6-21-13-15/h2-6,11-13H,7-10H2,1H3,(H,22,25). The van der Waals surface area contributed by atoms with E-state index in [4.69, 9.17) is 9.72 Å². The summed E-state index contributed by atoms with van der Waals surface area (Å²) in [6.45, 7) is 5.26. The lowest BCUT2D eigenvalue weighted by Gasteiger charge is -2.28. The van der Waals surface area contributed by atoms with Crippen molar-refractivity contribution in [3.63, 3.8) is 0 Å². The van der Waals surface area contributed by atoms with Gasteiger partial charge in [0.1, 0.15) is 5.82 Å². The number of hydrogen-bond acceptors (Lipinski definition) is 5. The second-order valence-electron chi connectivity index (χ2n) is 6.32. The molecule has 3 aromatic rings. The minimum absolute atomic E-state index is 0.173. The fourth-order valence-electron chi connectivity index (χ4n) is 3.11. The lowest BCUT2D eigenvalue weighted by atomic mass is 10.1. The van der Waals surface area contributed by atoms with E-state index in [0.29, 0.717) is 5.56 Å². The van der Waals surface area contributed by atoms with Crippen LogP contribution in [-0.2, 0) is 4.74 Å². The first-order valence-electron chi connectivity index (χ1n) is 8.66. The summed E-state index contributed by atoms with van der Waals surface area (Å²) in [5.41, 5.74) is 3.33. The van der Waals surface area contributed by atoms with E-state index >= 15 is 0 Å². The molecule has 1 aliphatic heterocycles. The van der Waals surface area contributed by atoms with Crippen molar-refractivity contribution in [2.24, 2.45) is 0 Å². The second kappa shape index (κ2) is 7.09. The van der Waals surface area contributed by atoms with Crippen LogP contribution in [0.2, 0.25) is 0 Å². The summed E-state index contributed by atoms with van der Waals surface area (Å²) < 4.78 is 5.41. The number of carbonyl (C=O) groups excluding carboxylic acids is 1. The smallest absolute Gasteiger partial charge is 0.257 e. The SMILES string of the molecule is Cc1cc(N2CCOCC2)nc2ccc(NC(=O)c3cccnc3)cc12. The first-order valence-corrected chi connectivity index (χ1v) is 8.66. The number of rotatable bonds is 3. The molecule has 4 rings (SSSR count). The number of hydrogen-bond donors (Lipinski definition) is 1. The molecular weight excluding hydrogens is 328 g/mol. The van der Waals surface area contributed by atoms with Crippen LogP contribution in [0, 0.1) is 6.92 Å². The van der Waals surface area contributed by atoms with Gasteiger partial charge in [0.25, 0.3) is 5.91 Å². The largest absolute Gasteiger partial charge is 0.378 e. The van der Waals surface area contributed by atoms with Gasteiger partial charge in [-0.25, -0.2) is 4.98 Å². The minimum atomic E-state index is -0.173. The van der Waals surface area contributed by atoms with Crippen LogP contribution in [0.25, 0.3) is 10.9 Å². The van der Waals surface area contributed by atoms with Gasteiger partial charge >= 0.3 is 0 Å². The monoisotopic (exact) mass is 348 g/mol. The highest BCUT2D eigenvalue weighted by atomic mass is 16.5. The summed E-state index contributed by atoms with van der Waals surface area (Å²) in [4.78, 5) is 23.3. The number of aromatic nitrogens is 2. The summed E-state index contributed by atoms with van der Waals surface area (Å²) in [6.07, 6.45) is 3.20. The van der Waals surface area contributed by atoms with E-state index in [2.05, 4.69) is 28.2 Å². The second-order valence-corrected chi connectivity index (χ2v) is 6.32.